The molecule has 0 radical (unpaired) electrons. The number of aromatic nitrogens is 5. The molecule has 2 aliphatic rings. The van der Waals surface area contributed by atoms with Crippen LogP contribution in [0.3, 0.4) is 0 Å². The lowest BCUT2D eigenvalue weighted by Crippen LogP contribution is -2.55. The predicted molar refractivity (Wildman–Crippen MR) is 121 cm³/mol. The Hall–Kier alpha value is -3.60. The Bertz CT molecular complexity index is 1410. The second-order valence-corrected chi connectivity index (χ2v) is 8.74. The van der Waals surface area contributed by atoms with Gasteiger partial charge in [0.05, 0.1) is 30.6 Å². The van der Waals surface area contributed by atoms with Crippen molar-refractivity contribution in [3.05, 3.63) is 42.4 Å². The largest absolute Gasteiger partial charge is 0.379 e. The molecule has 34 heavy (non-hydrogen) atoms. The number of amides is 1. The quantitative estimate of drug-likeness (QED) is 0.468. The van der Waals surface area contributed by atoms with Gasteiger partial charge in [0.25, 0.3) is 11.8 Å². The number of ether oxygens (including phenoxy) is 1. The van der Waals surface area contributed by atoms with Gasteiger partial charge in [0.15, 0.2) is 5.65 Å². The number of fused-ring (bicyclic) bond motifs is 2. The third kappa shape index (κ3) is 3.22. The molecule has 6 rings (SSSR count). The van der Waals surface area contributed by atoms with Gasteiger partial charge in [0, 0.05) is 49.5 Å². The Morgan fingerprint density at radius 1 is 1.29 bits per heavy atom. The van der Waals surface area contributed by atoms with E-state index in [0.29, 0.717) is 24.7 Å². The number of nitrogens with zero attached hydrogens (tertiary/aromatic N) is 5. The minimum Gasteiger partial charge on any atom is -0.379 e. The van der Waals surface area contributed by atoms with Crippen LogP contribution < -0.4 is 10.6 Å². The zero-order valence-corrected chi connectivity index (χ0v) is 18.5. The van der Waals surface area contributed by atoms with Crippen molar-refractivity contribution < 1.29 is 18.3 Å². The van der Waals surface area contributed by atoms with E-state index in [4.69, 9.17) is 9.72 Å². The SMILES string of the molecule is CNc1cc(-c2cn([C@@H]3CCOC3)c3ncccc23)nc2c(C(=O)N[C@@H]3CCC3(F)F)cnn12. The maximum Gasteiger partial charge on any atom is 0.267 e. The smallest absolute Gasteiger partial charge is 0.267 e. The molecule has 4 aromatic rings. The Morgan fingerprint density at radius 3 is 2.88 bits per heavy atom. The minimum atomic E-state index is -2.88. The van der Waals surface area contributed by atoms with Crippen molar-refractivity contribution in [1.82, 2.24) is 29.5 Å². The monoisotopic (exact) mass is 467 g/mol. The first-order valence-electron chi connectivity index (χ1n) is 11.2. The first-order chi connectivity index (χ1) is 16.5. The number of carbonyl (C=O) groups excluding carboxylic acids is 1. The number of alkyl halides is 2. The fourth-order valence-electron chi connectivity index (χ4n) is 4.67. The van der Waals surface area contributed by atoms with Gasteiger partial charge in [-0.05, 0) is 25.0 Å². The van der Waals surface area contributed by atoms with E-state index in [2.05, 4.69) is 25.3 Å². The first kappa shape index (κ1) is 21.0. The van der Waals surface area contributed by atoms with E-state index in [1.54, 1.807) is 13.2 Å². The summed E-state index contributed by atoms with van der Waals surface area (Å²) in [5, 5.41) is 10.7. The van der Waals surface area contributed by atoms with Gasteiger partial charge < -0.3 is 19.9 Å². The van der Waals surface area contributed by atoms with Crippen LogP contribution in [-0.2, 0) is 4.74 Å². The molecule has 176 valence electrons. The third-order valence-electron chi connectivity index (χ3n) is 6.72. The van der Waals surface area contributed by atoms with E-state index in [9.17, 15) is 13.6 Å². The average Bonchev–Trinajstić information content (AvgIpc) is 3.59. The van der Waals surface area contributed by atoms with Crippen LogP contribution >= 0.6 is 0 Å². The first-order valence-corrected chi connectivity index (χ1v) is 11.2. The van der Waals surface area contributed by atoms with Crippen LogP contribution in [0.15, 0.2) is 36.8 Å². The standard InChI is InChI=1S/C23H23F2N7O2/c1-26-19-9-17(16-11-31(13-5-8-34-12-13)20-14(16)3-2-7-27-20)29-21-15(10-28-32(19)21)22(33)30-18-4-6-23(18,24)25/h2-3,7,9-11,13,18,26H,4-6,8,12H2,1H3,(H,30,33)/t13-,18-/m1/s1. The van der Waals surface area contributed by atoms with Gasteiger partial charge in [0.2, 0.25) is 0 Å². The number of hydrogen-bond donors (Lipinski definition) is 2. The summed E-state index contributed by atoms with van der Waals surface area (Å²) in [4.78, 5) is 22.2. The summed E-state index contributed by atoms with van der Waals surface area (Å²) in [6, 6.07) is 4.71. The number of halogens is 2. The molecule has 4 aromatic heterocycles. The second-order valence-electron chi connectivity index (χ2n) is 8.74. The van der Waals surface area contributed by atoms with Gasteiger partial charge in [0.1, 0.15) is 17.0 Å². The lowest BCUT2D eigenvalue weighted by atomic mass is 9.88. The summed E-state index contributed by atoms with van der Waals surface area (Å²) in [5.74, 6) is -2.88. The summed E-state index contributed by atoms with van der Waals surface area (Å²) in [7, 11) is 1.75. The molecular formula is C23H23F2N7O2. The van der Waals surface area contributed by atoms with E-state index in [0.717, 1.165) is 23.0 Å². The van der Waals surface area contributed by atoms with Crippen LogP contribution in [0.5, 0.6) is 0 Å². The Morgan fingerprint density at radius 2 is 2.18 bits per heavy atom. The van der Waals surface area contributed by atoms with Gasteiger partial charge in [-0.3, -0.25) is 4.79 Å². The molecule has 9 nitrogen and oxygen atoms in total. The van der Waals surface area contributed by atoms with Crippen LogP contribution in [0.4, 0.5) is 14.6 Å². The fourth-order valence-corrected chi connectivity index (χ4v) is 4.67. The summed E-state index contributed by atoms with van der Waals surface area (Å²) < 4.78 is 36.6. The van der Waals surface area contributed by atoms with Gasteiger partial charge in [-0.15, -0.1) is 0 Å². The molecule has 1 aliphatic heterocycles. The van der Waals surface area contributed by atoms with Crippen LogP contribution in [0, 0.1) is 0 Å². The van der Waals surface area contributed by atoms with Gasteiger partial charge >= 0.3 is 0 Å². The maximum absolute atomic E-state index is 13.7. The number of anilines is 1. The highest BCUT2D eigenvalue weighted by molar-refractivity contribution is 6.01. The van der Waals surface area contributed by atoms with Crippen LogP contribution in [0.1, 0.15) is 35.7 Å². The molecule has 2 N–H and O–H groups in total. The number of carbonyl (C=O) groups is 1. The molecule has 1 amide bonds. The molecule has 1 aliphatic carbocycles. The topological polar surface area (TPSA) is 98.4 Å². The molecule has 0 unspecified atom stereocenters. The van der Waals surface area contributed by atoms with E-state index >= 15 is 0 Å². The van der Waals surface area contributed by atoms with Crippen molar-refractivity contribution >= 4 is 28.4 Å². The van der Waals surface area contributed by atoms with E-state index in [1.807, 2.05) is 24.4 Å². The summed E-state index contributed by atoms with van der Waals surface area (Å²) in [6.07, 6.45) is 6.05. The fraction of sp³-hybridized carbons (Fsp3) is 0.391. The van der Waals surface area contributed by atoms with Crippen molar-refractivity contribution in [2.45, 2.75) is 37.3 Å². The summed E-state index contributed by atoms with van der Waals surface area (Å²) >= 11 is 0. The molecule has 0 spiro atoms. The predicted octanol–water partition coefficient (Wildman–Crippen LogP) is 3.28. The highest BCUT2D eigenvalue weighted by atomic mass is 19.3. The summed E-state index contributed by atoms with van der Waals surface area (Å²) in [6.45, 7) is 1.32. The molecule has 0 bridgehead atoms. The van der Waals surface area contributed by atoms with Crippen molar-refractivity contribution in [1.29, 1.82) is 0 Å². The lowest BCUT2D eigenvalue weighted by Gasteiger charge is -2.36. The molecule has 1 saturated heterocycles. The summed E-state index contributed by atoms with van der Waals surface area (Å²) in [5.41, 5.74) is 2.74. The van der Waals surface area contributed by atoms with Crippen LogP contribution in [0.25, 0.3) is 27.9 Å². The highest BCUT2D eigenvalue weighted by Gasteiger charge is 2.49. The normalized spacial score (nSPS) is 21.6. The molecular weight excluding hydrogens is 444 g/mol. The number of rotatable bonds is 5. The van der Waals surface area contributed by atoms with Gasteiger partial charge in [-0.1, -0.05) is 0 Å². The van der Waals surface area contributed by atoms with Crippen molar-refractivity contribution in [2.75, 3.05) is 25.6 Å². The zero-order chi connectivity index (χ0) is 23.4. The van der Waals surface area contributed by atoms with Gasteiger partial charge in [-0.25, -0.2) is 18.7 Å². The molecule has 0 aromatic carbocycles. The number of pyridine rings is 1. The third-order valence-corrected chi connectivity index (χ3v) is 6.72. The Labute approximate surface area is 193 Å². The van der Waals surface area contributed by atoms with Gasteiger partial charge in [-0.2, -0.15) is 9.61 Å². The number of nitrogens with one attached hydrogen (secondary N) is 2. The Kier molecular flexibility index (Phi) is 4.76. The second kappa shape index (κ2) is 7.73. The Balaban J connectivity index is 1.46. The zero-order valence-electron chi connectivity index (χ0n) is 18.5. The minimum absolute atomic E-state index is 0.145. The molecule has 2 fully saturated rings. The van der Waals surface area contributed by atoms with E-state index in [1.165, 1.54) is 10.7 Å². The molecule has 2 atom stereocenters. The van der Waals surface area contributed by atoms with Crippen LogP contribution in [0.2, 0.25) is 0 Å². The average molecular weight is 467 g/mol. The lowest BCUT2D eigenvalue weighted by molar-refractivity contribution is -0.102. The van der Waals surface area contributed by atoms with E-state index < -0.39 is 17.9 Å². The van der Waals surface area contributed by atoms with Crippen LogP contribution in [-0.4, -0.2) is 62.3 Å². The molecule has 1 saturated carbocycles. The molecule has 5 heterocycles. The van der Waals surface area contributed by atoms with Crippen molar-refractivity contribution in [2.24, 2.45) is 0 Å². The molecule has 11 heteroatoms. The number of hydrogen-bond acceptors (Lipinski definition) is 6. The highest BCUT2D eigenvalue weighted by Crippen LogP contribution is 2.38. The van der Waals surface area contributed by atoms with E-state index in [-0.39, 0.29) is 30.1 Å². The van der Waals surface area contributed by atoms with Crippen molar-refractivity contribution in [3.63, 3.8) is 0 Å². The maximum atomic E-state index is 13.7. The van der Waals surface area contributed by atoms with Crippen molar-refractivity contribution in [3.8, 4) is 11.3 Å².